The second-order valence-electron chi connectivity index (χ2n) is 6.88. The van der Waals surface area contributed by atoms with Crippen LogP contribution < -0.4 is 30.4 Å². The van der Waals surface area contributed by atoms with Crippen molar-refractivity contribution in [2.45, 2.75) is 18.0 Å². The number of hydrogen-bond donors (Lipinski definition) is 4. The Morgan fingerprint density at radius 3 is 2.64 bits per heavy atom. The second-order valence-corrected chi connectivity index (χ2v) is 9.06. The molecule has 1 aliphatic heterocycles. The van der Waals surface area contributed by atoms with Crippen LogP contribution in [0.3, 0.4) is 0 Å². The number of furan rings is 1. The minimum absolute atomic E-state index is 0.00335. The summed E-state index contributed by atoms with van der Waals surface area (Å²) in [6, 6.07) is 14.5. The molecule has 1 aliphatic rings. The normalized spacial score (nSPS) is 12.2. The second kappa shape index (κ2) is 9.90. The number of carbonyl (C=O) groups is 1. The molecule has 0 radical (unpaired) electrons. The van der Waals surface area contributed by atoms with Gasteiger partial charge in [0.15, 0.2) is 16.6 Å². The van der Waals surface area contributed by atoms with E-state index in [1.54, 1.807) is 12.1 Å². The number of fused-ring (bicyclic) bond motifs is 1. The molecule has 3 aromatic rings. The molecule has 0 spiro atoms. The predicted molar refractivity (Wildman–Crippen MR) is 122 cm³/mol. The Morgan fingerprint density at radius 2 is 1.82 bits per heavy atom. The summed E-state index contributed by atoms with van der Waals surface area (Å²) in [5, 5.41) is 3.14. The van der Waals surface area contributed by atoms with Crippen LogP contribution in [0.25, 0.3) is 0 Å². The van der Waals surface area contributed by atoms with Crippen LogP contribution in [0.4, 0.5) is 0 Å². The topological polar surface area (TPSA) is 131 Å². The molecule has 172 valence electrons. The van der Waals surface area contributed by atoms with E-state index in [0.29, 0.717) is 23.8 Å². The average molecular weight is 489 g/mol. The number of ether oxygens (including phenoxy) is 2. The fraction of sp³-hybridized carbons (Fsp3) is 0.143. The summed E-state index contributed by atoms with van der Waals surface area (Å²) >= 11 is 5.17. The predicted octanol–water partition coefficient (Wildman–Crippen LogP) is 1.80. The summed E-state index contributed by atoms with van der Waals surface area (Å²) in [5.41, 5.74) is 6.09. The summed E-state index contributed by atoms with van der Waals surface area (Å²) in [6.45, 7) is 0.588. The first kappa shape index (κ1) is 22.6. The largest absolute Gasteiger partial charge is 0.468 e. The molecule has 1 amide bonds. The molecule has 2 aromatic carbocycles. The number of rotatable bonds is 7. The number of hydrazine groups is 1. The maximum Gasteiger partial charge on any atom is 0.269 e. The fourth-order valence-electron chi connectivity index (χ4n) is 2.93. The third kappa shape index (κ3) is 5.80. The van der Waals surface area contributed by atoms with Gasteiger partial charge in [-0.2, -0.15) is 0 Å². The van der Waals surface area contributed by atoms with Gasteiger partial charge in [0.25, 0.3) is 5.91 Å². The van der Waals surface area contributed by atoms with Crippen LogP contribution in [0.15, 0.2) is 70.2 Å². The molecule has 2 heterocycles. The lowest BCUT2D eigenvalue weighted by Crippen LogP contribution is -2.46. The van der Waals surface area contributed by atoms with Gasteiger partial charge in [-0.25, -0.2) is 13.1 Å². The maximum absolute atomic E-state index is 12.5. The van der Waals surface area contributed by atoms with Crippen molar-refractivity contribution in [3.63, 3.8) is 0 Å². The van der Waals surface area contributed by atoms with E-state index in [9.17, 15) is 13.2 Å². The molecule has 12 heteroatoms. The Hall–Kier alpha value is -3.61. The highest BCUT2D eigenvalue weighted by molar-refractivity contribution is 7.89. The van der Waals surface area contributed by atoms with Crippen molar-refractivity contribution in [3.8, 4) is 11.5 Å². The Balaban J connectivity index is 1.28. The van der Waals surface area contributed by atoms with Gasteiger partial charge in [0.05, 0.1) is 17.7 Å². The molecule has 0 unspecified atom stereocenters. The molecular weight excluding hydrogens is 468 g/mol. The lowest BCUT2D eigenvalue weighted by molar-refractivity contribution is 0.0943. The van der Waals surface area contributed by atoms with Crippen LogP contribution in [-0.4, -0.2) is 26.2 Å². The molecule has 4 N–H and O–H groups in total. The SMILES string of the molecule is O=C(NNC(=S)NCc1ccc2c(c1)OCO2)c1cccc(S(=O)(=O)NCc2ccco2)c1. The van der Waals surface area contributed by atoms with Gasteiger partial charge in [-0.05, 0) is 60.2 Å². The molecule has 0 saturated carbocycles. The van der Waals surface area contributed by atoms with E-state index >= 15 is 0 Å². The van der Waals surface area contributed by atoms with Gasteiger partial charge in [-0.1, -0.05) is 12.1 Å². The first-order valence-corrected chi connectivity index (χ1v) is 11.6. The molecule has 0 saturated heterocycles. The van der Waals surface area contributed by atoms with Gasteiger partial charge in [0.2, 0.25) is 16.8 Å². The maximum atomic E-state index is 12.5. The Bertz CT molecular complexity index is 1260. The number of sulfonamides is 1. The van der Waals surface area contributed by atoms with Crippen LogP contribution in [0.5, 0.6) is 11.5 Å². The van der Waals surface area contributed by atoms with Gasteiger partial charge >= 0.3 is 0 Å². The van der Waals surface area contributed by atoms with E-state index in [-0.39, 0.29) is 28.9 Å². The molecule has 0 bridgehead atoms. The number of benzene rings is 2. The monoisotopic (exact) mass is 488 g/mol. The number of hydrogen-bond acceptors (Lipinski definition) is 7. The van der Waals surface area contributed by atoms with Gasteiger partial charge in [-0.3, -0.25) is 15.6 Å². The minimum Gasteiger partial charge on any atom is -0.468 e. The van der Waals surface area contributed by atoms with Gasteiger partial charge in [-0.15, -0.1) is 0 Å². The van der Waals surface area contributed by atoms with Gasteiger partial charge < -0.3 is 19.2 Å². The van der Waals surface area contributed by atoms with Crippen LogP contribution in [-0.2, 0) is 23.1 Å². The average Bonchev–Trinajstić information content (AvgIpc) is 3.51. The van der Waals surface area contributed by atoms with Crippen molar-refractivity contribution in [1.29, 1.82) is 0 Å². The van der Waals surface area contributed by atoms with Crippen LogP contribution in [0.2, 0.25) is 0 Å². The summed E-state index contributed by atoms with van der Waals surface area (Å²) in [6.07, 6.45) is 1.45. The number of thiocarbonyl (C=S) groups is 1. The van der Waals surface area contributed by atoms with Crippen molar-refractivity contribution < 1.29 is 27.1 Å². The molecule has 1 aromatic heterocycles. The molecule has 33 heavy (non-hydrogen) atoms. The third-order valence-corrected chi connectivity index (χ3v) is 6.25. The zero-order valence-corrected chi connectivity index (χ0v) is 18.8. The highest BCUT2D eigenvalue weighted by Gasteiger charge is 2.17. The zero-order valence-electron chi connectivity index (χ0n) is 17.2. The Labute approximate surface area is 195 Å². The summed E-state index contributed by atoms with van der Waals surface area (Å²) in [5.74, 6) is 1.27. The third-order valence-electron chi connectivity index (χ3n) is 4.60. The lowest BCUT2D eigenvalue weighted by atomic mass is 10.2. The Kier molecular flexibility index (Phi) is 6.77. The van der Waals surface area contributed by atoms with Crippen molar-refractivity contribution in [3.05, 3.63) is 77.7 Å². The molecular formula is C21H20N4O6S2. The van der Waals surface area contributed by atoms with E-state index in [1.807, 2.05) is 18.2 Å². The quantitative estimate of drug-likeness (QED) is 0.290. The standard InChI is InChI=1S/C21H20N4O6S2/c26-20(24-25-21(32)22-11-14-6-7-18-19(9-14)31-13-30-18)15-3-1-5-17(10-15)33(27,28)23-12-16-4-2-8-29-16/h1-10,23H,11-13H2,(H,24,26)(H2,22,25,32). The molecule has 0 aliphatic carbocycles. The molecule has 0 fully saturated rings. The van der Waals surface area contributed by atoms with Crippen molar-refractivity contribution in [1.82, 2.24) is 20.9 Å². The van der Waals surface area contributed by atoms with Crippen molar-refractivity contribution in [2.75, 3.05) is 6.79 Å². The number of nitrogens with one attached hydrogen (secondary N) is 4. The first-order valence-electron chi connectivity index (χ1n) is 9.75. The fourth-order valence-corrected chi connectivity index (χ4v) is 4.09. The molecule has 0 atom stereocenters. The minimum atomic E-state index is -3.84. The highest BCUT2D eigenvalue weighted by Crippen LogP contribution is 2.32. The first-order chi connectivity index (χ1) is 15.9. The van der Waals surface area contributed by atoms with E-state index in [2.05, 4.69) is 20.9 Å². The number of amides is 1. The van der Waals surface area contributed by atoms with Gasteiger partial charge in [0.1, 0.15) is 5.76 Å². The van der Waals surface area contributed by atoms with E-state index < -0.39 is 15.9 Å². The van der Waals surface area contributed by atoms with Gasteiger partial charge in [0, 0.05) is 12.1 Å². The highest BCUT2D eigenvalue weighted by atomic mass is 32.2. The molecule has 4 rings (SSSR count). The lowest BCUT2D eigenvalue weighted by Gasteiger charge is -2.12. The van der Waals surface area contributed by atoms with Crippen LogP contribution in [0, 0.1) is 0 Å². The summed E-state index contributed by atoms with van der Waals surface area (Å²) < 4.78 is 43.2. The summed E-state index contributed by atoms with van der Waals surface area (Å²) in [4.78, 5) is 12.4. The summed E-state index contributed by atoms with van der Waals surface area (Å²) in [7, 11) is -3.84. The number of carbonyl (C=O) groups excluding carboxylic acids is 1. The van der Waals surface area contributed by atoms with E-state index in [1.165, 1.54) is 30.5 Å². The van der Waals surface area contributed by atoms with Crippen LogP contribution in [0.1, 0.15) is 21.7 Å². The molecule has 10 nitrogen and oxygen atoms in total. The Morgan fingerprint density at radius 1 is 0.970 bits per heavy atom. The zero-order chi connectivity index (χ0) is 23.3. The van der Waals surface area contributed by atoms with Crippen LogP contribution >= 0.6 is 12.2 Å². The van der Waals surface area contributed by atoms with E-state index in [4.69, 9.17) is 26.1 Å². The van der Waals surface area contributed by atoms with Crippen molar-refractivity contribution >= 4 is 33.3 Å². The van der Waals surface area contributed by atoms with E-state index in [0.717, 1.165) is 5.56 Å². The smallest absolute Gasteiger partial charge is 0.269 e. The van der Waals surface area contributed by atoms with Crippen molar-refractivity contribution in [2.24, 2.45) is 0 Å².